The lowest BCUT2D eigenvalue weighted by Gasteiger charge is -2.60. The first-order valence-electron chi connectivity index (χ1n) is 16.2. The Labute approximate surface area is 265 Å². The molecule has 0 amide bonds. The monoisotopic (exact) mass is 615 g/mol. The second-order valence-electron chi connectivity index (χ2n) is 13.7. The van der Waals surface area contributed by atoms with E-state index >= 15 is 0 Å². The minimum absolute atomic E-state index is 0.0351. The van der Waals surface area contributed by atoms with Crippen LogP contribution in [-0.2, 0) is 9.53 Å². The summed E-state index contributed by atoms with van der Waals surface area (Å²) in [4.78, 5) is 29.0. The summed E-state index contributed by atoms with van der Waals surface area (Å²) in [5, 5.41) is 34.6. The summed E-state index contributed by atoms with van der Waals surface area (Å²) in [5.74, 6) is 1.39. The van der Waals surface area contributed by atoms with Crippen molar-refractivity contribution in [2.24, 2.45) is 22.7 Å². The summed E-state index contributed by atoms with van der Waals surface area (Å²) >= 11 is 0. The van der Waals surface area contributed by atoms with Gasteiger partial charge in [0.15, 0.2) is 0 Å². The molecule has 3 fully saturated rings. The zero-order valence-corrected chi connectivity index (χ0v) is 26.2. The first-order chi connectivity index (χ1) is 21.7. The van der Waals surface area contributed by atoms with E-state index in [0.717, 1.165) is 44.2 Å². The molecule has 1 saturated heterocycles. The number of hydrogen-bond acceptors (Lipinski definition) is 10. The Balaban J connectivity index is 1.28. The molecule has 0 aromatic carbocycles. The topological polar surface area (TPSA) is 141 Å². The lowest BCUT2D eigenvalue weighted by atomic mass is 9.46. The molecule has 0 spiro atoms. The van der Waals surface area contributed by atoms with Crippen molar-refractivity contribution >= 4 is 23.8 Å². The van der Waals surface area contributed by atoms with Crippen molar-refractivity contribution in [1.82, 2.24) is 15.0 Å². The standard InChI is InChI=1S/C35H45N5O5/c1-22-9-10-29-34(2,12-11-30(43)35(29,3)21-42)27(22)17-28(39-31-8-4-5-13-36-31)26-16-25(45-32(26)44)15-23-18-37-33(38-19-23)40-14-6-7-24(40)20-41/h4-5,8,13,15-16,18-19,24,27-30,41-43H,1,6-7,9-12,14,17,20-21H2,2-3H3,(H,36,39)/t24?,27?,28?,29?,30-,34-,35+/m1/s1. The third kappa shape index (κ3) is 5.91. The minimum Gasteiger partial charge on any atom is -0.423 e. The van der Waals surface area contributed by atoms with E-state index < -0.39 is 23.5 Å². The number of allylic oxidation sites excluding steroid dienone is 2. The largest absolute Gasteiger partial charge is 0.423 e. The molecule has 10 nitrogen and oxygen atoms in total. The molecule has 45 heavy (non-hydrogen) atoms. The quantitative estimate of drug-likeness (QED) is 0.239. The van der Waals surface area contributed by atoms with Crippen LogP contribution >= 0.6 is 0 Å². The number of nitrogens with zero attached hydrogens (tertiary/aromatic N) is 4. The molecular weight excluding hydrogens is 570 g/mol. The summed E-state index contributed by atoms with van der Waals surface area (Å²) in [5.41, 5.74) is 1.55. The molecule has 4 unspecified atom stereocenters. The van der Waals surface area contributed by atoms with Crippen LogP contribution in [0.2, 0.25) is 0 Å². The van der Waals surface area contributed by atoms with Crippen molar-refractivity contribution in [3.63, 3.8) is 0 Å². The van der Waals surface area contributed by atoms with Crippen LogP contribution in [0.4, 0.5) is 11.8 Å². The fourth-order valence-electron chi connectivity index (χ4n) is 8.49. The molecule has 6 rings (SSSR count). The van der Waals surface area contributed by atoms with Gasteiger partial charge in [-0.1, -0.05) is 32.1 Å². The van der Waals surface area contributed by atoms with E-state index in [0.29, 0.717) is 41.5 Å². The molecule has 0 radical (unpaired) electrons. The number of anilines is 2. The van der Waals surface area contributed by atoms with Gasteiger partial charge in [-0.25, -0.2) is 19.7 Å². The molecule has 10 heteroatoms. The molecule has 2 aromatic rings. The summed E-state index contributed by atoms with van der Waals surface area (Å²) in [6.07, 6.45) is 13.7. The smallest absolute Gasteiger partial charge is 0.341 e. The van der Waals surface area contributed by atoms with E-state index in [9.17, 15) is 20.1 Å². The van der Waals surface area contributed by atoms with Crippen molar-refractivity contribution in [2.75, 3.05) is 30.0 Å². The molecule has 2 aromatic heterocycles. The third-order valence-corrected chi connectivity index (χ3v) is 11.1. The van der Waals surface area contributed by atoms with Crippen molar-refractivity contribution < 1.29 is 24.9 Å². The van der Waals surface area contributed by atoms with Gasteiger partial charge in [0.05, 0.1) is 37.0 Å². The van der Waals surface area contributed by atoms with E-state index in [4.69, 9.17) is 4.74 Å². The zero-order chi connectivity index (χ0) is 31.8. The Morgan fingerprint density at radius 1 is 1.18 bits per heavy atom. The van der Waals surface area contributed by atoms with E-state index in [1.165, 1.54) is 0 Å². The van der Waals surface area contributed by atoms with Crippen LogP contribution in [0, 0.1) is 22.7 Å². The minimum atomic E-state index is -0.595. The Hall–Kier alpha value is -3.60. The number of carbonyl (C=O) groups is 1. The number of carbonyl (C=O) groups excluding carboxylic acids is 1. The molecule has 2 saturated carbocycles. The molecule has 4 heterocycles. The van der Waals surface area contributed by atoms with Crippen LogP contribution in [0.5, 0.6) is 0 Å². The second kappa shape index (κ2) is 12.7. The van der Waals surface area contributed by atoms with Crippen LogP contribution < -0.4 is 10.2 Å². The molecular formula is C35H45N5O5. The van der Waals surface area contributed by atoms with Gasteiger partial charge < -0.3 is 30.3 Å². The molecule has 240 valence electrons. The Morgan fingerprint density at radius 2 is 1.98 bits per heavy atom. The number of aliphatic hydroxyl groups excluding tert-OH is 3. The Bertz CT molecular complexity index is 1460. The number of aromatic nitrogens is 3. The number of nitrogens with one attached hydrogen (secondary N) is 1. The Kier molecular flexibility index (Phi) is 8.83. The number of aliphatic hydroxyl groups is 3. The van der Waals surface area contributed by atoms with Crippen LogP contribution in [0.1, 0.15) is 64.4 Å². The number of cyclic esters (lactones) is 1. The van der Waals surface area contributed by atoms with Gasteiger partial charge in [-0.2, -0.15) is 0 Å². The number of esters is 1. The number of fused-ring (bicyclic) bond motifs is 1. The van der Waals surface area contributed by atoms with Gasteiger partial charge >= 0.3 is 5.97 Å². The van der Waals surface area contributed by atoms with E-state index in [-0.39, 0.29) is 36.5 Å². The maximum Gasteiger partial charge on any atom is 0.341 e. The lowest BCUT2D eigenvalue weighted by Crippen LogP contribution is -2.58. The SMILES string of the molecule is C=C1CCC2[C@](C)(CC[C@@H](O)[C@@]2(C)CO)C1CC(Nc1ccccn1)C1=CC(=Cc2cnc(N3CCCC3CO)nc2)OC1=O. The predicted molar refractivity (Wildman–Crippen MR) is 172 cm³/mol. The molecule has 2 aliphatic heterocycles. The fraction of sp³-hybridized carbons (Fsp3) is 0.543. The highest BCUT2D eigenvalue weighted by molar-refractivity contribution is 5.95. The number of hydrogen-bond donors (Lipinski definition) is 4. The first kappa shape index (κ1) is 31.4. The lowest BCUT2D eigenvalue weighted by molar-refractivity contribution is -0.152. The summed E-state index contributed by atoms with van der Waals surface area (Å²) in [7, 11) is 0. The summed E-state index contributed by atoms with van der Waals surface area (Å²) in [6.45, 7) is 9.59. The highest BCUT2D eigenvalue weighted by Crippen LogP contribution is 2.62. The maximum atomic E-state index is 13.4. The van der Waals surface area contributed by atoms with Crippen LogP contribution in [-0.4, -0.2) is 74.2 Å². The van der Waals surface area contributed by atoms with E-state index in [1.807, 2.05) is 30.0 Å². The van der Waals surface area contributed by atoms with Gasteiger partial charge in [0, 0.05) is 36.1 Å². The number of rotatable bonds is 9. The number of pyridine rings is 1. The fourth-order valence-corrected chi connectivity index (χ4v) is 8.49. The van der Waals surface area contributed by atoms with E-state index in [1.54, 1.807) is 30.7 Å². The van der Waals surface area contributed by atoms with Crippen molar-refractivity contribution in [3.05, 3.63) is 71.9 Å². The third-order valence-electron chi connectivity index (χ3n) is 11.1. The molecule has 7 atom stereocenters. The van der Waals surface area contributed by atoms with Crippen LogP contribution in [0.25, 0.3) is 6.08 Å². The van der Waals surface area contributed by atoms with Gasteiger partial charge in [0.1, 0.15) is 11.6 Å². The summed E-state index contributed by atoms with van der Waals surface area (Å²) in [6, 6.07) is 5.26. The van der Waals surface area contributed by atoms with Gasteiger partial charge in [-0.05, 0) is 86.5 Å². The zero-order valence-electron chi connectivity index (χ0n) is 26.2. The van der Waals surface area contributed by atoms with Crippen molar-refractivity contribution in [1.29, 1.82) is 0 Å². The second-order valence-corrected chi connectivity index (χ2v) is 13.7. The van der Waals surface area contributed by atoms with Gasteiger partial charge in [-0.15, -0.1) is 0 Å². The average Bonchev–Trinajstić information content (AvgIpc) is 3.67. The predicted octanol–water partition coefficient (Wildman–Crippen LogP) is 4.27. The molecule has 4 aliphatic rings. The molecule has 0 bridgehead atoms. The summed E-state index contributed by atoms with van der Waals surface area (Å²) < 4.78 is 5.75. The molecule has 4 N–H and O–H groups in total. The van der Waals surface area contributed by atoms with Gasteiger partial charge in [-0.3, -0.25) is 0 Å². The highest BCUT2D eigenvalue weighted by Gasteiger charge is 2.58. The Morgan fingerprint density at radius 3 is 2.69 bits per heavy atom. The average molecular weight is 616 g/mol. The number of ether oxygens (including phenoxy) is 1. The maximum absolute atomic E-state index is 13.4. The molecule has 2 aliphatic carbocycles. The van der Waals surface area contributed by atoms with Crippen LogP contribution in [0.3, 0.4) is 0 Å². The van der Waals surface area contributed by atoms with E-state index in [2.05, 4.69) is 33.8 Å². The van der Waals surface area contributed by atoms with Gasteiger partial charge in [0.25, 0.3) is 0 Å². The van der Waals surface area contributed by atoms with Crippen LogP contribution in [0.15, 0.2) is 66.3 Å². The first-order valence-corrected chi connectivity index (χ1v) is 16.2. The highest BCUT2D eigenvalue weighted by atomic mass is 16.5. The van der Waals surface area contributed by atoms with Gasteiger partial charge in [0.2, 0.25) is 5.95 Å². The van der Waals surface area contributed by atoms with Crippen molar-refractivity contribution in [2.45, 2.75) is 77.0 Å². The van der Waals surface area contributed by atoms with Crippen molar-refractivity contribution in [3.8, 4) is 0 Å². The normalized spacial score (nSPS) is 33.1.